The number of aromatic amines is 1. The van der Waals surface area contributed by atoms with Crippen molar-refractivity contribution in [2.75, 3.05) is 6.54 Å². The predicted molar refractivity (Wildman–Crippen MR) is 76.7 cm³/mol. The van der Waals surface area contributed by atoms with Crippen molar-refractivity contribution in [1.82, 2.24) is 10.3 Å². The molecule has 0 bridgehead atoms. The molecule has 3 heteroatoms. The molecular formula is C14H21ClN2. The second-order valence-corrected chi connectivity index (χ2v) is 5.55. The van der Waals surface area contributed by atoms with E-state index in [1.807, 2.05) is 0 Å². The Hall–Kier alpha value is -0.990. The summed E-state index contributed by atoms with van der Waals surface area (Å²) in [6, 6.07) is 10.6. The molecule has 1 aromatic heterocycles. The third-order valence-corrected chi connectivity index (χ3v) is 2.56. The number of fused-ring (bicyclic) bond motifs is 1. The lowest BCUT2D eigenvalue weighted by Gasteiger charge is -2.18. The maximum atomic E-state index is 3.47. The fraction of sp³-hybridized carbons (Fsp3) is 0.429. The molecule has 2 rings (SSSR count). The minimum absolute atomic E-state index is 0. The largest absolute Gasteiger partial charge is 0.357 e. The summed E-state index contributed by atoms with van der Waals surface area (Å²) in [4.78, 5) is 3.42. The van der Waals surface area contributed by atoms with Crippen molar-refractivity contribution >= 4 is 23.3 Å². The number of halogens is 1. The second-order valence-electron chi connectivity index (χ2n) is 5.55. The van der Waals surface area contributed by atoms with Crippen LogP contribution in [0.1, 0.15) is 26.5 Å². The van der Waals surface area contributed by atoms with Crippen molar-refractivity contribution < 1.29 is 0 Å². The summed E-state index contributed by atoms with van der Waals surface area (Å²) < 4.78 is 0. The van der Waals surface area contributed by atoms with Crippen molar-refractivity contribution in [3.8, 4) is 0 Å². The van der Waals surface area contributed by atoms with Crippen molar-refractivity contribution in [2.45, 2.75) is 27.3 Å². The van der Waals surface area contributed by atoms with Crippen LogP contribution in [-0.4, -0.2) is 11.5 Å². The van der Waals surface area contributed by atoms with Crippen LogP contribution in [0.4, 0.5) is 0 Å². The smallest absolute Gasteiger partial charge is 0.0456 e. The monoisotopic (exact) mass is 252 g/mol. The minimum atomic E-state index is 0. The molecule has 2 nitrogen and oxygen atoms in total. The Morgan fingerprint density at radius 2 is 1.88 bits per heavy atom. The Kier molecular flexibility index (Phi) is 4.61. The molecule has 0 aliphatic heterocycles. The normalized spacial score (nSPS) is 11.5. The highest BCUT2D eigenvalue weighted by Crippen LogP contribution is 2.15. The molecule has 1 aromatic carbocycles. The third kappa shape index (κ3) is 4.06. The van der Waals surface area contributed by atoms with Gasteiger partial charge in [-0.3, -0.25) is 0 Å². The summed E-state index contributed by atoms with van der Waals surface area (Å²) in [6.07, 6.45) is 0. The van der Waals surface area contributed by atoms with Gasteiger partial charge in [0.1, 0.15) is 0 Å². The summed E-state index contributed by atoms with van der Waals surface area (Å²) in [6.45, 7) is 8.66. The van der Waals surface area contributed by atoms with Crippen LogP contribution in [-0.2, 0) is 6.54 Å². The average Bonchev–Trinajstić information content (AvgIpc) is 2.57. The molecule has 0 radical (unpaired) electrons. The quantitative estimate of drug-likeness (QED) is 0.856. The van der Waals surface area contributed by atoms with E-state index in [2.05, 4.69) is 61.4 Å². The number of hydrogen-bond donors (Lipinski definition) is 2. The van der Waals surface area contributed by atoms with Gasteiger partial charge in [0.05, 0.1) is 0 Å². The molecular weight excluding hydrogens is 232 g/mol. The second kappa shape index (κ2) is 5.56. The van der Waals surface area contributed by atoms with E-state index < -0.39 is 0 Å². The first-order chi connectivity index (χ1) is 7.54. The molecule has 0 atom stereocenters. The summed E-state index contributed by atoms with van der Waals surface area (Å²) in [5.41, 5.74) is 2.81. The van der Waals surface area contributed by atoms with Crippen LogP contribution >= 0.6 is 12.4 Å². The maximum Gasteiger partial charge on any atom is 0.0456 e. The van der Waals surface area contributed by atoms with Gasteiger partial charge in [-0.25, -0.2) is 0 Å². The molecule has 0 unspecified atom stereocenters. The summed E-state index contributed by atoms with van der Waals surface area (Å²) >= 11 is 0. The van der Waals surface area contributed by atoms with Gasteiger partial charge >= 0.3 is 0 Å². The van der Waals surface area contributed by atoms with Gasteiger partial charge in [0.25, 0.3) is 0 Å². The first-order valence-electron chi connectivity index (χ1n) is 5.82. The Balaban J connectivity index is 0.00000144. The van der Waals surface area contributed by atoms with Crippen LogP contribution < -0.4 is 5.32 Å². The Bertz CT molecular complexity index is 435. The van der Waals surface area contributed by atoms with Crippen LogP contribution in [0.3, 0.4) is 0 Å². The Morgan fingerprint density at radius 1 is 1.18 bits per heavy atom. The van der Waals surface area contributed by atoms with Gasteiger partial charge in [0.15, 0.2) is 0 Å². The van der Waals surface area contributed by atoms with Crippen LogP contribution in [0.5, 0.6) is 0 Å². The topological polar surface area (TPSA) is 27.8 Å². The van der Waals surface area contributed by atoms with Gasteiger partial charge in [-0.15, -0.1) is 12.4 Å². The average molecular weight is 253 g/mol. The van der Waals surface area contributed by atoms with E-state index >= 15 is 0 Å². The van der Waals surface area contributed by atoms with Crippen LogP contribution in [0.15, 0.2) is 30.3 Å². The number of hydrogen-bond acceptors (Lipinski definition) is 1. The molecule has 0 aliphatic rings. The fourth-order valence-electron chi connectivity index (χ4n) is 1.80. The molecule has 0 saturated carbocycles. The van der Waals surface area contributed by atoms with Gasteiger partial charge in [0.2, 0.25) is 0 Å². The van der Waals surface area contributed by atoms with Gasteiger partial charge in [-0.2, -0.15) is 0 Å². The molecule has 0 fully saturated rings. The van der Waals surface area contributed by atoms with E-state index in [1.54, 1.807) is 0 Å². The maximum absolute atomic E-state index is 3.47. The van der Waals surface area contributed by atoms with E-state index in [4.69, 9.17) is 0 Å². The lowest BCUT2D eigenvalue weighted by atomic mass is 9.97. The molecule has 2 aromatic rings. The van der Waals surface area contributed by atoms with Gasteiger partial charge < -0.3 is 10.3 Å². The highest BCUT2D eigenvalue weighted by molar-refractivity contribution is 5.85. The number of benzene rings is 1. The molecule has 94 valence electrons. The summed E-state index contributed by atoms with van der Waals surface area (Å²) in [5, 5.41) is 4.76. The van der Waals surface area contributed by atoms with Crippen molar-refractivity contribution in [3.63, 3.8) is 0 Å². The summed E-state index contributed by atoms with van der Waals surface area (Å²) in [7, 11) is 0. The highest BCUT2D eigenvalue weighted by Gasteiger charge is 2.09. The van der Waals surface area contributed by atoms with Crippen molar-refractivity contribution in [1.29, 1.82) is 0 Å². The third-order valence-electron chi connectivity index (χ3n) is 2.56. The fourth-order valence-corrected chi connectivity index (χ4v) is 1.80. The molecule has 0 spiro atoms. The van der Waals surface area contributed by atoms with Gasteiger partial charge in [0, 0.05) is 24.3 Å². The van der Waals surface area contributed by atoms with E-state index in [1.165, 1.54) is 16.6 Å². The molecule has 2 N–H and O–H groups in total. The standard InChI is InChI=1S/C14H20N2.ClH/c1-14(2,3)10-15-9-12-8-11-6-4-5-7-13(11)16-12;/h4-8,15-16H,9-10H2,1-3H3;1H. The molecule has 0 amide bonds. The number of rotatable bonds is 3. The zero-order chi connectivity index (χ0) is 11.6. The van der Waals surface area contributed by atoms with E-state index in [0.29, 0.717) is 5.41 Å². The van der Waals surface area contributed by atoms with Gasteiger partial charge in [-0.05, 0) is 22.9 Å². The van der Waals surface area contributed by atoms with E-state index in [-0.39, 0.29) is 12.4 Å². The van der Waals surface area contributed by atoms with Crippen molar-refractivity contribution in [2.24, 2.45) is 5.41 Å². The summed E-state index contributed by atoms with van der Waals surface area (Å²) in [5.74, 6) is 0. The van der Waals surface area contributed by atoms with Crippen LogP contribution in [0.2, 0.25) is 0 Å². The van der Waals surface area contributed by atoms with Crippen molar-refractivity contribution in [3.05, 3.63) is 36.0 Å². The van der Waals surface area contributed by atoms with E-state index in [9.17, 15) is 0 Å². The predicted octanol–water partition coefficient (Wildman–Crippen LogP) is 3.73. The molecule has 17 heavy (non-hydrogen) atoms. The first-order valence-corrected chi connectivity index (χ1v) is 5.82. The van der Waals surface area contributed by atoms with E-state index in [0.717, 1.165) is 13.1 Å². The number of nitrogens with one attached hydrogen (secondary N) is 2. The van der Waals surface area contributed by atoms with Crippen LogP contribution in [0.25, 0.3) is 10.9 Å². The number of H-pyrrole nitrogens is 1. The highest BCUT2D eigenvalue weighted by atomic mass is 35.5. The first kappa shape index (κ1) is 14.1. The molecule has 1 heterocycles. The molecule has 0 saturated heterocycles. The number of para-hydroxylation sites is 1. The SMILES string of the molecule is CC(C)(C)CNCc1cc2ccccc2[nH]1.Cl. The Labute approximate surface area is 109 Å². The zero-order valence-corrected chi connectivity index (χ0v) is 11.5. The van der Waals surface area contributed by atoms with Crippen LogP contribution in [0, 0.1) is 5.41 Å². The number of aromatic nitrogens is 1. The Morgan fingerprint density at radius 3 is 2.53 bits per heavy atom. The zero-order valence-electron chi connectivity index (χ0n) is 10.7. The minimum Gasteiger partial charge on any atom is -0.357 e. The lowest BCUT2D eigenvalue weighted by Crippen LogP contribution is -2.26. The van der Waals surface area contributed by atoms with Gasteiger partial charge in [-0.1, -0.05) is 39.0 Å². The lowest BCUT2D eigenvalue weighted by molar-refractivity contribution is 0.378. The molecule has 0 aliphatic carbocycles.